The molecule has 2 heterocycles. The number of rotatable bonds is 6. The average molecular weight is 592 g/mol. The minimum absolute atomic E-state index is 0.0325. The van der Waals surface area contributed by atoms with E-state index in [4.69, 9.17) is 9.47 Å². The third-order valence-corrected chi connectivity index (χ3v) is 9.14. The van der Waals surface area contributed by atoms with Crippen molar-refractivity contribution in [2.45, 2.75) is 55.6 Å². The predicted molar refractivity (Wildman–Crippen MR) is 149 cm³/mol. The summed E-state index contributed by atoms with van der Waals surface area (Å²) in [6, 6.07) is 20.3. The van der Waals surface area contributed by atoms with E-state index in [2.05, 4.69) is 45.2 Å². The molecule has 3 aliphatic rings. The highest BCUT2D eigenvalue weighted by Crippen LogP contribution is 2.51. The molecule has 202 valence electrons. The zero-order chi connectivity index (χ0) is 27.0. The van der Waals surface area contributed by atoms with Gasteiger partial charge in [0, 0.05) is 29.6 Å². The highest BCUT2D eigenvalue weighted by atomic mass is 79.9. The summed E-state index contributed by atoms with van der Waals surface area (Å²) in [6.07, 6.45) is 6.64. The number of aromatic nitrogens is 1. The van der Waals surface area contributed by atoms with Gasteiger partial charge in [0.25, 0.3) is 0 Å². The van der Waals surface area contributed by atoms with Gasteiger partial charge >= 0.3 is 12.1 Å². The van der Waals surface area contributed by atoms with Crippen LogP contribution in [0.2, 0.25) is 0 Å². The number of hydrogen-bond donors (Lipinski definition) is 1. The summed E-state index contributed by atoms with van der Waals surface area (Å²) >= 11 is 3.38. The Labute approximate surface area is 236 Å². The molecule has 7 nitrogen and oxygen atoms in total. The maximum atomic E-state index is 13.9. The molecule has 1 N–H and O–H groups in total. The molecule has 2 aromatic carbocycles. The summed E-state index contributed by atoms with van der Waals surface area (Å²) in [4.78, 5) is 31.7. The van der Waals surface area contributed by atoms with E-state index in [0.29, 0.717) is 11.0 Å². The fraction of sp³-hybridized carbons (Fsp3) is 0.387. The number of carboxylic acids is 1. The number of halogens is 1. The first-order valence-corrected chi connectivity index (χ1v) is 14.3. The lowest BCUT2D eigenvalue weighted by Crippen LogP contribution is -2.49. The SMILES string of the molecule is O=C(O)COC1(c2ccc(Br)nc2)CN(C(=O)OCC2c3ccccc3-c3ccccc32)C2(CCCCC2)C1. The van der Waals surface area contributed by atoms with E-state index < -0.39 is 23.7 Å². The molecule has 6 rings (SSSR count). The maximum Gasteiger partial charge on any atom is 0.410 e. The molecule has 1 saturated carbocycles. The molecule has 2 fully saturated rings. The minimum Gasteiger partial charge on any atom is -0.480 e. The fourth-order valence-electron chi connectivity index (χ4n) is 6.91. The first-order valence-electron chi connectivity index (χ1n) is 13.5. The van der Waals surface area contributed by atoms with Gasteiger partial charge in [-0.1, -0.05) is 73.9 Å². The third kappa shape index (κ3) is 4.74. The van der Waals surface area contributed by atoms with Gasteiger partial charge in [0.1, 0.15) is 23.4 Å². The number of nitrogens with zero attached hydrogens (tertiary/aromatic N) is 2. The van der Waals surface area contributed by atoms with Crippen molar-refractivity contribution in [3.05, 3.63) is 88.2 Å². The molecule has 1 saturated heterocycles. The molecule has 8 heteroatoms. The van der Waals surface area contributed by atoms with E-state index in [0.717, 1.165) is 37.7 Å². The van der Waals surface area contributed by atoms with Gasteiger partial charge in [-0.3, -0.25) is 4.90 Å². The van der Waals surface area contributed by atoms with E-state index in [1.807, 2.05) is 41.3 Å². The van der Waals surface area contributed by atoms with Crippen LogP contribution in [0.25, 0.3) is 11.1 Å². The smallest absolute Gasteiger partial charge is 0.410 e. The van der Waals surface area contributed by atoms with Crippen LogP contribution in [-0.2, 0) is 19.9 Å². The number of carbonyl (C=O) groups excluding carboxylic acids is 1. The van der Waals surface area contributed by atoms with Crippen LogP contribution in [-0.4, -0.2) is 52.4 Å². The number of carboxylic acid groups (broad SMARTS) is 1. The molecule has 3 aromatic rings. The predicted octanol–water partition coefficient (Wildman–Crippen LogP) is 6.50. The standard InChI is InChI=1S/C31H31BrN2O5/c32-27-13-12-21(16-33-27)31(39-18-28(35)36)19-30(14-6-1-7-15-30)34(20-31)29(37)38-17-26-24-10-4-2-8-22(24)23-9-3-5-11-25(23)26/h2-5,8-13,16,26H,1,6-7,14-15,17-20H2,(H,35,36). The zero-order valence-electron chi connectivity index (χ0n) is 21.6. The molecule has 1 aliphatic heterocycles. The molecule has 0 bridgehead atoms. The van der Waals surface area contributed by atoms with Gasteiger partial charge in [-0.15, -0.1) is 0 Å². The van der Waals surface area contributed by atoms with Crippen molar-refractivity contribution in [1.29, 1.82) is 0 Å². The van der Waals surface area contributed by atoms with Crippen LogP contribution >= 0.6 is 15.9 Å². The molecular weight excluding hydrogens is 560 g/mol. The van der Waals surface area contributed by atoms with E-state index in [1.165, 1.54) is 22.3 Å². The number of amides is 1. The Kier molecular flexibility index (Phi) is 6.93. The van der Waals surface area contributed by atoms with E-state index in [9.17, 15) is 14.7 Å². The van der Waals surface area contributed by atoms with Crippen molar-refractivity contribution in [3.63, 3.8) is 0 Å². The first-order chi connectivity index (χ1) is 18.9. The lowest BCUT2D eigenvalue weighted by atomic mass is 9.76. The summed E-state index contributed by atoms with van der Waals surface area (Å²) in [6.45, 7) is 0.00715. The third-order valence-electron chi connectivity index (χ3n) is 8.67. The number of aliphatic carboxylic acids is 1. The number of fused-ring (bicyclic) bond motifs is 3. The Hall–Kier alpha value is -3.23. The van der Waals surface area contributed by atoms with Gasteiger partial charge in [-0.2, -0.15) is 0 Å². The summed E-state index contributed by atoms with van der Waals surface area (Å²) < 4.78 is 12.9. The number of ether oxygens (including phenoxy) is 2. The Morgan fingerprint density at radius 3 is 2.26 bits per heavy atom. The van der Waals surface area contributed by atoms with Crippen molar-refractivity contribution in [3.8, 4) is 11.1 Å². The second kappa shape index (κ2) is 10.4. The highest BCUT2D eigenvalue weighted by molar-refractivity contribution is 9.10. The molecule has 1 aromatic heterocycles. The van der Waals surface area contributed by atoms with E-state index in [-0.39, 0.29) is 25.2 Å². The first kappa shape index (κ1) is 26.0. The summed E-state index contributed by atoms with van der Waals surface area (Å²) in [7, 11) is 0. The second-order valence-corrected chi connectivity index (χ2v) is 11.7. The van der Waals surface area contributed by atoms with Gasteiger partial charge in [-0.05, 0) is 57.1 Å². The Balaban J connectivity index is 1.29. The molecule has 1 spiro atoms. The summed E-state index contributed by atoms with van der Waals surface area (Å²) in [5.74, 6) is -1.08. The monoisotopic (exact) mass is 590 g/mol. The number of benzene rings is 2. The van der Waals surface area contributed by atoms with Gasteiger partial charge in [0.2, 0.25) is 0 Å². The molecule has 1 amide bonds. The van der Waals surface area contributed by atoms with Crippen molar-refractivity contribution >= 4 is 28.0 Å². The van der Waals surface area contributed by atoms with Crippen LogP contribution in [0.1, 0.15) is 61.1 Å². The molecule has 2 aliphatic carbocycles. The fourth-order valence-corrected chi connectivity index (χ4v) is 7.15. The van der Waals surface area contributed by atoms with Crippen LogP contribution in [0.3, 0.4) is 0 Å². The topological polar surface area (TPSA) is 89.0 Å². The number of pyridine rings is 1. The van der Waals surface area contributed by atoms with Crippen LogP contribution < -0.4 is 0 Å². The van der Waals surface area contributed by atoms with Gasteiger partial charge in [0.05, 0.1) is 6.54 Å². The molecule has 1 atom stereocenters. The minimum atomic E-state index is -1.04. The lowest BCUT2D eigenvalue weighted by molar-refractivity contribution is -0.150. The van der Waals surface area contributed by atoms with Gasteiger partial charge in [0.15, 0.2) is 0 Å². The van der Waals surface area contributed by atoms with Crippen molar-refractivity contribution in [2.75, 3.05) is 19.8 Å². The Bertz CT molecular complexity index is 1340. The van der Waals surface area contributed by atoms with Crippen molar-refractivity contribution < 1.29 is 24.2 Å². The maximum absolute atomic E-state index is 13.9. The number of likely N-dealkylation sites (tertiary alicyclic amines) is 1. The van der Waals surface area contributed by atoms with Crippen molar-refractivity contribution in [2.24, 2.45) is 0 Å². The summed E-state index contributed by atoms with van der Waals surface area (Å²) in [5.41, 5.74) is 4.04. The Morgan fingerprint density at radius 2 is 1.64 bits per heavy atom. The molecule has 39 heavy (non-hydrogen) atoms. The van der Waals surface area contributed by atoms with Crippen LogP contribution in [0.15, 0.2) is 71.5 Å². The van der Waals surface area contributed by atoms with Crippen LogP contribution in [0, 0.1) is 0 Å². The van der Waals surface area contributed by atoms with Crippen LogP contribution in [0.4, 0.5) is 4.79 Å². The molecule has 1 unspecified atom stereocenters. The molecular formula is C31H31BrN2O5. The summed E-state index contributed by atoms with van der Waals surface area (Å²) in [5, 5.41) is 9.47. The largest absolute Gasteiger partial charge is 0.480 e. The van der Waals surface area contributed by atoms with Crippen molar-refractivity contribution in [1.82, 2.24) is 9.88 Å². The number of hydrogen-bond acceptors (Lipinski definition) is 5. The quantitative estimate of drug-likeness (QED) is 0.330. The van der Waals surface area contributed by atoms with Gasteiger partial charge in [-0.25, -0.2) is 14.6 Å². The molecule has 0 radical (unpaired) electrons. The Morgan fingerprint density at radius 1 is 0.974 bits per heavy atom. The lowest BCUT2D eigenvalue weighted by Gasteiger charge is -2.40. The second-order valence-electron chi connectivity index (χ2n) is 10.9. The van der Waals surface area contributed by atoms with Gasteiger partial charge < -0.3 is 14.6 Å². The van der Waals surface area contributed by atoms with E-state index >= 15 is 0 Å². The van der Waals surface area contributed by atoms with E-state index in [1.54, 1.807) is 6.20 Å². The number of carbonyl (C=O) groups is 2. The highest BCUT2D eigenvalue weighted by Gasteiger charge is 2.57. The zero-order valence-corrected chi connectivity index (χ0v) is 23.2. The van der Waals surface area contributed by atoms with Crippen LogP contribution in [0.5, 0.6) is 0 Å². The average Bonchev–Trinajstić information content (AvgIpc) is 3.45. The normalized spacial score (nSPS) is 21.5.